The van der Waals surface area contributed by atoms with Crippen LogP contribution in [0.2, 0.25) is 0 Å². The second-order valence-electron chi connectivity index (χ2n) is 4.90. The highest BCUT2D eigenvalue weighted by molar-refractivity contribution is 5.96. The second-order valence-corrected chi connectivity index (χ2v) is 4.90. The summed E-state index contributed by atoms with van der Waals surface area (Å²) in [6.07, 6.45) is 0.945. The highest BCUT2D eigenvalue weighted by Crippen LogP contribution is 2.38. The summed E-state index contributed by atoms with van der Waals surface area (Å²) >= 11 is 0. The van der Waals surface area contributed by atoms with Crippen LogP contribution >= 0.6 is 0 Å². The molecule has 0 spiro atoms. The van der Waals surface area contributed by atoms with E-state index in [9.17, 15) is 9.59 Å². The van der Waals surface area contributed by atoms with E-state index in [1.165, 1.54) is 14.0 Å². The second kappa shape index (κ2) is 5.30. The van der Waals surface area contributed by atoms with Crippen LogP contribution in [0.3, 0.4) is 0 Å². The SMILES string of the molecule is COc1ccc(NC(=O)C2CC2C)cc1NC(C)=O. The fraction of sp³-hybridized carbons (Fsp3) is 0.429. The van der Waals surface area contributed by atoms with E-state index in [-0.39, 0.29) is 17.7 Å². The standard InChI is InChI=1S/C14H18N2O3/c1-8-6-11(8)14(18)16-10-4-5-13(19-3)12(7-10)15-9(2)17/h4-5,7-8,11H,6H2,1-3H3,(H,15,17)(H,16,18). The van der Waals surface area contributed by atoms with E-state index in [1.807, 2.05) is 0 Å². The first-order valence-electron chi connectivity index (χ1n) is 6.27. The molecular formula is C14H18N2O3. The van der Waals surface area contributed by atoms with Crippen LogP contribution in [0.4, 0.5) is 11.4 Å². The lowest BCUT2D eigenvalue weighted by atomic mass is 10.2. The molecular weight excluding hydrogens is 244 g/mol. The molecule has 2 unspecified atom stereocenters. The number of hydrogen-bond acceptors (Lipinski definition) is 3. The minimum Gasteiger partial charge on any atom is -0.495 e. The number of benzene rings is 1. The van der Waals surface area contributed by atoms with E-state index in [4.69, 9.17) is 4.74 Å². The Morgan fingerprint density at radius 3 is 2.53 bits per heavy atom. The molecule has 1 aliphatic carbocycles. The maximum absolute atomic E-state index is 11.8. The van der Waals surface area contributed by atoms with Gasteiger partial charge in [-0.15, -0.1) is 0 Å². The molecule has 0 aliphatic heterocycles. The first kappa shape index (κ1) is 13.4. The lowest BCUT2D eigenvalue weighted by molar-refractivity contribution is -0.117. The van der Waals surface area contributed by atoms with Crippen LogP contribution in [0.5, 0.6) is 5.75 Å². The molecule has 1 aromatic rings. The molecule has 5 heteroatoms. The predicted molar refractivity (Wildman–Crippen MR) is 73.2 cm³/mol. The highest BCUT2D eigenvalue weighted by atomic mass is 16.5. The zero-order valence-corrected chi connectivity index (χ0v) is 11.3. The molecule has 5 nitrogen and oxygen atoms in total. The summed E-state index contributed by atoms with van der Waals surface area (Å²) in [6.45, 7) is 3.48. The third kappa shape index (κ3) is 3.24. The maximum atomic E-state index is 11.8. The summed E-state index contributed by atoms with van der Waals surface area (Å²) in [4.78, 5) is 23.0. The lowest BCUT2D eigenvalue weighted by Gasteiger charge is -2.11. The van der Waals surface area contributed by atoms with Crippen molar-refractivity contribution in [1.82, 2.24) is 0 Å². The molecule has 1 aromatic carbocycles. The van der Waals surface area contributed by atoms with Crippen LogP contribution in [0, 0.1) is 11.8 Å². The number of anilines is 2. The van der Waals surface area contributed by atoms with E-state index in [0.29, 0.717) is 23.0 Å². The Morgan fingerprint density at radius 1 is 1.32 bits per heavy atom. The van der Waals surface area contributed by atoms with Crippen molar-refractivity contribution < 1.29 is 14.3 Å². The average Bonchev–Trinajstić information content (AvgIpc) is 3.06. The summed E-state index contributed by atoms with van der Waals surface area (Å²) in [7, 11) is 1.53. The van der Waals surface area contributed by atoms with Crippen molar-refractivity contribution in [2.45, 2.75) is 20.3 Å². The van der Waals surface area contributed by atoms with Crippen LogP contribution < -0.4 is 15.4 Å². The molecule has 0 aromatic heterocycles. The van der Waals surface area contributed by atoms with Gasteiger partial charge in [-0.05, 0) is 30.5 Å². The number of nitrogens with one attached hydrogen (secondary N) is 2. The monoisotopic (exact) mass is 262 g/mol. The molecule has 0 bridgehead atoms. The van der Waals surface area contributed by atoms with Crippen molar-refractivity contribution in [2.24, 2.45) is 11.8 Å². The molecule has 1 fully saturated rings. The number of methoxy groups -OCH3 is 1. The van der Waals surface area contributed by atoms with Gasteiger partial charge in [-0.25, -0.2) is 0 Å². The Morgan fingerprint density at radius 2 is 2.00 bits per heavy atom. The number of ether oxygens (including phenoxy) is 1. The minimum absolute atomic E-state index is 0.0337. The highest BCUT2D eigenvalue weighted by Gasteiger charge is 2.39. The van der Waals surface area contributed by atoms with Crippen molar-refractivity contribution >= 4 is 23.2 Å². The molecule has 1 saturated carbocycles. The topological polar surface area (TPSA) is 67.4 Å². The summed E-state index contributed by atoms with van der Waals surface area (Å²) in [5.41, 5.74) is 1.21. The van der Waals surface area contributed by atoms with Gasteiger partial charge < -0.3 is 15.4 Å². The third-order valence-corrected chi connectivity index (χ3v) is 3.22. The van der Waals surface area contributed by atoms with Crippen LogP contribution in [-0.2, 0) is 9.59 Å². The van der Waals surface area contributed by atoms with E-state index in [1.54, 1.807) is 18.2 Å². The Bertz CT molecular complexity index is 513. The minimum atomic E-state index is -0.183. The maximum Gasteiger partial charge on any atom is 0.227 e. The summed E-state index contributed by atoms with van der Waals surface area (Å²) in [5.74, 6) is 0.997. The summed E-state index contributed by atoms with van der Waals surface area (Å²) in [6, 6.07) is 5.18. The quantitative estimate of drug-likeness (QED) is 0.874. The number of rotatable bonds is 4. The van der Waals surface area contributed by atoms with E-state index in [2.05, 4.69) is 17.6 Å². The number of amides is 2. The van der Waals surface area contributed by atoms with Gasteiger partial charge in [0.1, 0.15) is 5.75 Å². The van der Waals surface area contributed by atoms with Gasteiger partial charge in [-0.3, -0.25) is 9.59 Å². The number of carbonyl (C=O) groups excluding carboxylic acids is 2. The smallest absolute Gasteiger partial charge is 0.227 e. The van der Waals surface area contributed by atoms with Gasteiger partial charge in [0.05, 0.1) is 12.8 Å². The van der Waals surface area contributed by atoms with Crippen LogP contribution in [-0.4, -0.2) is 18.9 Å². The lowest BCUT2D eigenvalue weighted by Crippen LogP contribution is -2.15. The third-order valence-electron chi connectivity index (χ3n) is 3.22. The molecule has 102 valence electrons. The van der Waals surface area contributed by atoms with Gasteiger partial charge in [0.15, 0.2) is 0 Å². The molecule has 2 rings (SSSR count). The van der Waals surface area contributed by atoms with Gasteiger partial charge in [-0.1, -0.05) is 6.92 Å². The zero-order chi connectivity index (χ0) is 14.0. The Hall–Kier alpha value is -2.04. The molecule has 2 amide bonds. The molecule has 2 N–H and O–H groups in total. The average molecular weight is 262 g/mol. The number of carbonyl (C=O) groups is 2. The number of hydrogen-bond donors (Lipinski definition) is 2. The van der Waals surface area contributed by atoms with E-state index in [0.717, 1.165) is 6.42 Å². The normalized spacial score (nSPS) is 20.6. The molecule has 0 heterocycles. The van der Waals surface area contributed by atoms with Crippen molar-refractivity contribution in [2.75, 3.05) is 17.7 Å². The van der Waals surface area contributed by atoms with Crippen LogP contribution in [0.25, 0.3) is 0 Å². The molecule has 2 atom stereocenters. The molecule has 19 heavy (non-hydrogen) atoms. The van der Waals surface area contributed by atoms with Crippen molar-refractivity contribution in [3.63, 3.8) is 0 Å². The van der Waals surface area contributed by atoms with E-state index >= 15 is 0 Å². The summed E-state index contributed by atoms with van der Waals surface area (Å²) < 4.78 is 5.16. The van der Waals surface area contributed by atoms with Gasteiger partial charge in [0.2, 0.25) is 11.8 Å². The van der Waals surface area contributed by atoms with E-state index < -0.39 is 0 Å². The van der Waals surface area contributed by atoms with Gasteiger partial charge >= 0.3 is 0 Å². The Kier molecular flexibility index (Phi) is 3.74. The fourth-order valence-electron chi connectivity index (χ4n) is 2.00. The predicted octanol–water partition coefficient (Wildman–Crippen LogP) is 2.25. The van der Waals surface area contributed by atoms with Crippen molar-refractivity contribution in [1.29, 1.82) is 0 Å². The first-order chi connectivity index (χ1) is 9.01. The first-order valence-corrected chi connectivity index (χ1v) is 6.27. The molecule has 0 radical (unpaired) electrons. The van der Waals surface area contributed by atoms with Crippen LogP contribution in [0.15, 0.2) is 18.2 Å². The van der Waals surface area contributed by atoms with Crippen molar-refractivity contribution in [3.8, 4) is 5.75 Å². The fourth-order valence-corrected chi connectivity index (χ4v) is 2.00. The van der Waals surface area contributed by atoms with Gasteiger partial charge in [-0.2, -0.15) is 0 Å². The Labute approximate surface area is 112 Å². The van der Waals surface area contributed by atoms with Crippen LogP contribution in [0.1, 0.15) is 20.3 Å². The van der Waals surface area contributed by atoms with Crippen molar-refractivity contribution in [3.05, 3.63) is 18.2 Å². The molecule has 1 aliphatic rings. The summed E-state index contributed by atoms with van der Waals surface area (Å²) in [5, 5.41) is 5.53. The van der Waals surface area contributed by atoms with Gasteiger partial charge in [0.25, 0.3) is 0 Å². The largest absolute Gasteiger partial charge is 0.495 e. The molecule has 0 saturated heterocycles. The zero-order valence-electron chi connectivity index (χ0n) is 11.3. The Balaban J connectivity index is 2.12. The van der Waals surface area contributed by atoms with Gasteiger partial charge in [0, 0.05) is 18.5 Å².